The van der Waals surface area contributed by atoms with Gasteiger partial charge in [0.2, 0.25) is 11.9 Å². The van der Waals surface area contributed by atoms with Crippen molar-refractivity contribution in [3.63, 3.8) is 0 Å². The van der Waals surface area contributed by atoms with Crippen LogP contribution in [-0.2, 0) is 4.79 Å². The molecule has 0 aliphatic rings. The van der Waals surface area contributed by atoms with Crippen molar-refractivity contribution in [1.29, 1.82) is 0 Å². The normalized spacial score (nSPS) is 11.9. The molecule has 1 aromatic rings. The van der Waals surface area contributed by atoms with Gasteiger partial charge in [-0.25, -0.2) is 4.98 Å². The van der Waals surface area contributed by atoms with Crippen LogP contribution in [0.2, 0.25) is 0 Å². The third kappa shape index (κ3) is 3.28. The molecular formula is C9H10FN3O3. The monoisotopic (exact) mass is 227 g/mol. The van der Waals surface area contributed by atoms with Crippen LogP contribution in [0.25, 0.3) is 0 Å². The number of aromatic nitrogens is 1. The van der Waals surface area contributed by atoms with Gasteiger partial charge in [0.25, 0.3) is 5.91 Å². The number of nitrogens with two attached hydrogens (primary N) is 1. The number of carbonyl (C=O) groups is 2. The van der Waals surface area contributed by atoms with Crippen molar-refractivity contribution in [2.75, 3.05) is 6.54 Å². The van der Waals surface area contributed by atoms with Crippen molar-refractivity contribution >= 4 is 11.8 Å². The number of primary amides is 1. The smallest absolute Gasteiger partial charge is 0.270 e. The van der Waals surface area contributed by atoms with Gasteiger partial charge in [0.05, 0.1) is 6.54 Å². The van der Waals surface area contributed by atoms with Crippen LogP contribution in [-0.4, -0.2) is 34.6 Å². The van der Waals surface area contributed by atoms with E-state index < -0.39 is 23.9 Å². The van der Waals surface area contributed by atoms with Crippen LogP contribution >= 0.6 is 0 Å². The molecule has 1 heterocycles. The Balaban J connectivity index is 2.56. The van der Waals surface area contributed by atoms with Crippen LogP contribution in [0.4, 0.5) is 4.39 Å². The number of halogens is 1. The fourth-order valence-corrected chi connectivity index (χ4v) is 0.915. The number of hydrogen-bond acceptors (Lipinski definition) is 4. The Hall–Kier alpha value is -2.02. The summed E-state index contributed by atoms with van der Waals surface area (Å²) >= 11 is 0. The zero-order valence-electron chi connectivity index (χ0n) is 8.18. The molecule has 0 spiro atoms. The van der Waals surface area contributed by atoms with E-state index in [9.17, 15) is 14.0 Å². The Bertz CT molecular complexity index is 411. The highest BCUT2D eigenvalue weighted by Crippen LogP contribution is 1.97. The highest BCUT2D eigenvalue weighted by Gasteiger charge is 2.13. The molecule has 0 saturated heterocycles. The molecule has 0 aliphatic heterocycles. The molecule has 0 radical (unpaired) electrons. The third-order valence-corrected chi connectivity index (χ3v) is 1.73. The molecule has 16 heavy (non-hydrogen) atoms. The zero-order chi connectivity index (χ0) is 12.1. The van der Waals surface area contributed by atoms with Gasteiger partial charge in [0, 0.05) is 0 Å². The summed E-state index contributed by atoms with van der Waals surface area (Å²) in [6.45, 7) is -0.341. The molecule has 6 nitrogen and oxygen atoms in total. The van der Waals surface area contributed by atoms with Gasteiger partial charge in [-0.15, -0.1) is 0 Å². The van der Waals surface area contributed by atoms with Gasteiger partial charge in [-0.1, -0.05) is 6.07 Å². The number of amides is 2. The SMILES string of the molecule is NC(=O)C(O)CNC(=O)c1cccc(F)n1. The number of pyridine rings is 1. The van der Waals surface area contributed by atoms with E-state index in [4.69, 9.17) is 10.8 Å². The number of nitrogens with zero attached hydrogens (tertiary/aromatic N) is 1. The highest BCUT2D eigenvalue weighted by atomic mass is 19.1. The number of aliphatic hydroxyl groups is 1. The number of nitrogens with one attached hydrogen (secondary N) is 1. The third-order valence-electron chi connectivity index (χ3n) is 1.73. The molecule has 0 bridgehead atoms. The molecular weight excluding hydrogens is 217 g/mol. The van der Waals surface area contributed by atoms with E-state index in [0.717, 1.165) is 6.07 Å². The van der Waals surface area contributed by atoms with Crippen LogP contribution in [0.1, 0.15) is 10.5 Å². The molecule has 0 aliphatic carbocycles. The number of rotatable bonds is 4. The van der Waals surface area contributed by atoms with E-state index in [1.165, 1.54) is 12.1 Å². The van der Waals surface area contributed by atoms with Crippen LogP contribution < -0.4 is 11.1 Å². The Labute approximate surface area is 90.3 Å². The summed E-state index contributed by atoms with van der Waals surface area (Å²) in [6, 6.07) is 3.71. The van der Waals surface area contributed by atoms with Crippen molar-refractivity contribution in [2.45, 2.75) is 6.10 Å². The van der Waals surface area contributed by atoms with Crippen molar-refractivity contribution in [1.82, 2.24) is 10.3 Å². The van der Waals surface area contributed by atoms with Crippen LogP contribution in [0, 0.1) is 5.95 Å². The van der Waals surface area contributed by atoms with Gasteiger partial charge in [-0.2, -0.15) is 4.39 Å². The van der Waals surface area contributed by atoms with Crippen molar-refractivity contribution < 1.29 is 19.1 Å². The summed E-state index contributed by atoms with van der Waals surface area (Å²) in [5, 5.41) is 11.2. The van der Waals surface area contributed by atoms with Crippen molar-refractivity contribution in [2.24, 2.45) is 5.73 Å². The lowest BCUT2D eigenvalue weighted by atomic mass is 10.3. The zero-order valence-corrected chi connectivity index (χ0v) is 8.18. The number of carbonyl (C=O) groups excluding carboxylic acids is 2. The minimum absolute atomic E-state index is 0.142. The molecule has 2 amide bonds. The van der Waals surface area contributed by atoms with Gasteiger partial charge in [-0.05, 0) is 12.1 Å². The van der Waals surface area contributed by atoms with Gasteiger partial charge in [0.15, 0.2) is 0 Å². The van der Waals surface area contributed by atoms with Gasteiger partial charge in [0.1, 0.15) is 11.8 Å². The van der Waals surface area contributed by atoms with E-state index in [0.29, 0.717) is 0 Å². The first-order chi connectivity index (χ1) is 7.50. The quantitative estimate of drug-likeness (QED) is 0.561. The molecule has 1 unspecified atom stereocenters. The maximum absolute atomic E-state index is 12.6. The highest BCUT2D eigenvalue weighted by molar-refractivity contribution is 5.92. The van der Waals surface area contributed by atoms with Gasteiger partial charge < -0.3 is 16.2 Å². The lowest BCUT2D eigenvalue weighted by Gasteiger charge is -2.07. The second kappa shape index (κ2) is 5.17. The number of aliphatic hydroxyl groups excluding tert-OH is 1. The van der Waals surface area contributed by atoms with E-state index in [1.54, 1.807) is 0 Å². The van der Waals surface area contributed by atoms with E-state index in [1.807, 2.05) is 0 Å². The fourth-order valence-electron chi connectivity index (χ4n) is 0.915. The summed E-state index contributed by atoms with van der Waals surface area (Å²) in [6.07, 6.45) is -1.47. The maximum Gasteiger partial charge on any atom is 0.270 e. The standard InChI is InChI=1S/C9H10FN3O3/c10-7-3-1-2-5(13-7)9(16)12-4-6(14)8(11)15/h1-3,6,14H,4H2,(H2,11,15)(H,12,16). The van der Waals surface area contributed by atoms with Crippen molar-refractivity contribution in [3.05, 3.63) is 29.8 Å². The summed E-state index contributed by atoms with van der Waals surface area (Å²) < 4.78 is 12.6. The van der Waals surface area contributed by atoms with Crippen molar-refractivity contribution in [3.8, 4) is 0 Å². The Morgan fingerprint density at radius 1 is 1.56 bits per heavy atom. The van der Waals surface area contributed by atoms with Crippen LogP contribution in [0.15, 0.2) is 18.2 Å². The second-order valence-corrected chi connectivity index (χ2v) is 2.97. The fraction of sp³-hybridized carbons (Fsp3) is 0.222. The first kappa shape index (κ1) is 12.1. The Morgan fingerprint density at radius 2 is 2.25 bits per heavy atom. The second-order valence-electron chi connectivity index (χ2n) is 2.97. The molecule has 0 saturated carbocycles. The molecule has 7 heteroatoms. The molecule has 1 atom stereocenters. The average Bonchev–Trinajstić information content (AvgIpc) is 2.25. The Kier molecular flexibility index (Phi) is 3.90. The summed E-state index contributed by atoms with van der Waals surface area (Å²) in [5.41, 5.74) is 4.63. The lowest BCUT2D eigenvalue weighted by molar-refractivity contribution is -0.125. The molecule has 1 aromatic heterocycles. The first-order valence-corrected chi connectivity index (χ1v) is 4.39. The predicted octanol–water partition coefficient (Wildman–Crippen LogP) is -1.20. The van der Waals surface area contributed by atoms with Crippen LogP contribution in [0.3, 0.4) is 0 Å². The lowest BCUT2D eigenvalue weighted by Crippen LogP contribution is -2.40. The maximum atomic E-state index is 12.6. The summed E-state index contributed by atoms with van der Waals surface area (Å²) in [4.78, 5) is 25.1. The minimum Gasteiger partial charge on any atom is -0.381 e. The molecule has 0 fully saturated rings. The Morgan fingerprint density at radius 3 is 2.81 bits per heavy atom. The predicted molar refractivity (Wildman–Crippen MR) is 51.7 cm³/mol. The molecule has 86 valence electrons. The molecule has 4 N–H and O–H groups in total. The van der Waals surface area contributed by atoms with Gasteiger partial charge in [-0.3, -0.25) is 9.59 Å². The van der Waals surface area contributed by atoms with E-state index in [2.05, 4.69) is 10.3 Å². The van der Waals surface area contributed by atoms with Gasteiger partial charge >= 0.3 is 0 Å². The van der Waals surface area contributed by atoms with E-state index >= 15 is 0 Å². The topological polar surface area (TPSA) is 105 Å². The number of hydrogen-bond donors (Lipinski definition) is 3. The average molecular weight is 227 g/mol. The largest absolute Gasteiger partial charge is 0.381 e. The molecule has 0 aromatic carbocycles. The summed E-state index contributed by atoms with van der Waals surface area (Å²) in [7, 11) is 0. The first-order valence-electron chi connectivity index (χ1n) is 4.39. The summed E-state index contributed by atoms with van der Waals surface area (Å²) in [5.74, 6) is -2.43. The minimum atomic E-state index is -1.47. The molecule has 1 rings (SSSR count). The van der Waals surface area contributed by atoms with Crippen LogP contribution in [0.5, 0.6) is 0 Å². The van der Waals surface area contributed by atoms with E-state index in [-0.39, 0.29) is 12.2 Å².